The first-order chi connectivity index (χ1) is 4.79. The van der Waals surface area contributed by atoms with Gasteiger partial charge in [0.25, 0.3) is 0 Å². The van der Waals surface area contributed by atoms with Gasteiger partial charge in [-0.3, -0.25) is 4.90 Å². The van der Waals surface area contributed by atoms with Crippen molar-refractivity contribution in [1.82, 2.24) is 4.90 Å². The molecule has 1 heterocycles. The highest BCUT2D eigenvalue weighted by Crippen LogP contribution is 2.11. The quantitative estimate of drug-likeness (QED) is 0.633. The molecule has 1 nitrogen and oxygen atoms in total. The molecule has 0 atom stereocenters. The number of hydrogen-bond donors (Lipinski definition) is 0. The number of hydrogen-bond acceptors (Lipinski definition) is 2. The lowest BCUT2D eigenvalue weighted by Gasteiger charge is -2.25. The van der Waals surface area contributed by atoms with Crippen LogP contribution in [0.25, 0.3) is 0 Å². The Kier molecular flexibility index (Phi) is 3.60. The van der Waals surface area contributed by atoms with E-state index in [1.54, 1.807) is 0 Å². The third kappa shape index (κ3) is 2.95. The van der Waals surface area contributed by atoms with E-state index in [0.717, 1.165) is 24.7 Å². The largest absolute Gasteiger partial charge is 0.297 e. The van der Waals surface area contributed by atoms with Crippen molar-refractivity contribution in [2.75, 3.05) is 31.1 Å². The van der Waals surface area contributed by atoms with E-state index < -0.39 is 0 Å². The SMILES string of the molecule is C=C(Cl)CN1CCSCC1. The molecule has 1 fully saturated rings. The molecule has 3 heteroatoms. The van der Waals surface area contributed by atoms with Crippen LogP contribution in [0.15, 0.2) is 11.6 Å². The molecule has 58 valence electrons. The Labute approximate surface area is 71.4 Å². The summed E-state index contributed by atoms with van der Waals surface area (Å²) in [5, 5.41) is 0.756. The van der Waals surface area contributed by atoms with Crippen molar-refractivity contribution in [3.05, 3.63) is 11.6 Å². The zero-order valence-corrected chi connectivity index (χ0v) is 7.55. The van der Waals surface area contributed by atoms with Gasteiger partial charge in [-0.1, -0.05) is 18.2 Å². The predicted molar refractivity (Wildman–Crippen MR) is 48.8 cm³/mol. The highest BCUT2D eigenvalue weighted by atomic mass is 35.5. The fourth-order valence-electron chi connectivity index (χ4n) is 1.00. The molecule has 1 aliphatic heterocycles. The average molecular weight is 178 g/mol. The maximum Gasteiger partial charge on any atom is 0.0336 e. The van der Waals surface area contributed by atoms with Gasteiger partial charge in [0, 0.05) is 36.2 Å². The second kappa shape index (κ2) is 4.27. The van der Waals surface area contributed by atoms with Crippen molar-refractivity contribution in [2.45, 2.75) is 0 Å². The van der Waals surface area contributed by atoms with Gasteiger partial charge in [0.15, 0.2) is 0 Å². The molecule has 0 radical (unpaired) electrons. The summed E-state index contributed by atoms with van der Waals surface area (Å²) in [4.78, 5) is 2.34. The summed E-state index contributed by atoms with van der Waals surface area (Å²) in [6.07, 6.45) is 0. The summed E-state index contributed by atoms with van der Waals surface area (Å²) in [5.41, 5.74) is 0. The highest BCUT2D eigenvalue weighted by molar-refractivity contribution is 7.99. The molecule has 0 bridgehead atoms. The van der Waals surface area contributed by atoms with Gasteiger partial charge in [-0.25, -0.2) is 0 Å². The lowest BCUT2D eigenvalue weighted by molar-refractivity contribution is 0.333. The van der Waals surface area contributed by atoms with E-state index in [2.05, 4.69) is 11.5 Å². The number of nitrogens with zero attached hydrogens (tertiary/aromatic N) is 1. The first kappa shape index (κ1) is 8.44. The smallest absolute Gasteiger partial charge is 0.0336 e. The van der Waals surface area contributed by atoms with Crippen molar-refractivity contribution < 1.29 is 0 Å². The average Bonchev–Trinajstić information content (AvgIpc) is 1.88. The highest BCUT2D eigenvalue weighted by Gasteiger charge is 2.09. The third-order valence-corrected chi connectivity index (χ3v) is 2.56. The summed E-state index contributed by atoms with van der Waals surface area (Å²) >= 11 is 7.68. The molecule has 0 aliphatic carbocycles. The molecule has 0 saturated carbocycles. The Morgan fingerprint density at radius 3 is 2.60 bits per heavy atom. The van der Waals surface area contributed by atoms with Gasteiger partial charge in [0.1, 0.15) is 0 Å². The van der Waals surface area contributed by atoms with Crippen LogP contribution in [0, 0.1) is 0 Å². The summed E-state index contributed by atoms with van der Waals surface area (Å²) in [7, 11) is 0. The van der Waals surface area contributed by atoms with Crippen LogP contribution in [0.3, 0.4) is 0 Å². The summed E-state index contributed by atoms with van der Waals surface area (Å²) in [6.45, 7) is 6.86. The van der Waals surface area contributed by atoms with Crippen LogP contribution < -0.4 is 0 Å². The van der Waals surface area contributed by atoms with Crippen LogP contribution in [0.1, 0.15) is 0 Å². The van der Waals surface area contributed by atoms with Crippen molar-refractivity contribution in [3.8, 4) is 0 Å². The molecule has 1 aliphatic rings. The number of thioether (sulfide) groups is 1. The normalized spacial score (nSPS) is 20.9. The molecule has 0 unspecified atom stereocenters. The first-order valence-electron chi connectivity index (χ1n) is 3.42. The van der Waals surface area contributed by atoms with Crippen LogP contribution in [0.2, 0.25) is 0 Å². The Morgan fingerprint density at radius 1 is 1.50 bits per heavy atom. The molecule has 1 rings (SSSR count). The van der Waals surface area contributed by atoms with Crippen LogP contribution in [-0.2, 0) is 0 Å². The van der Waals surface area contributed by atoms with Gasteiger partial charge in [-0.05, 0) is 0 Å². The minimum Gasteiger partial charge on any atom is -0.297 e. The molecule has 0 amide bonds. The standard InChI is InChI=1S/C7H12ClNS/c1-7(8)6-9-2-4-10-5-3-9/h1-6H2. The van der Waals surface area contributed by atoms with Crippen LogP contribution in [0.4, 0.5) is 0 Å². The van der Waals surface area contributed by atoms with Gasteiger partial charge in [0.05, 0.1) is 0 Å². The van der Waals surface area contributed by atoms with E-state index in [0.29, 0.717) is 0 Å². The van der Waals surface area contributed by atoms with Crippen LogP contribution in [0.5, 0.6) is 0 Å². The Balaban J connectivity index is 2.19. The lowest BCUT2D eigenvalue weighted by atomic mass is 10.4. The Morgan fingerprint density at radius 2 is 2.10 bits per heavy atom. The number of halogens is 1. The van der Waals surface area contributed by atoms with E-state index in [4.69, 9.17) is 11.6 Å². The van der Waals surface area contributed by atoms with Gasteiger partial charge >= 0.3 is 0 Å². The van der Waals surface area contributed by atoms with Crippen molar-refractivity contribution >= 4 is 23.4 Å². The predicted octanol–water partition coefficient (Wildman–Crippen LogP) is 1.79. The zero-order valence-electron chi connectivity index (χ0n) is 5.98. The van der Waals surface area contributed by atoms with Gasteiger partial charge in [-0.15, -0.1) is 0 Å². The monoisotopic (exact) mass is 177 g/mol. The molecule has 10 heavy (non-hydrogen) atoms. The Hall–Kier alpha value is 0.340. The minimum atomic E-state index is 0.756. The summed E-state index contributed by atoms with van der Waals surface area (Å²) < 4.78 is 0. The maximum atomic E-state index is 5.67. The van der Waals surface area contributed by atoms with Crippen molar-refractivity contribution in [1.29, 1.82) is 0 Å². The van der Waals surface area contributed by atoms with Crippen molar-refractivity contribution in [2.24, 2.45) is 0 Å². The van der Waals surface area contributed by atoms with E-state index in [1.807, 2.05) is 11.8 Å². The molecular weight excluding hydrogens is 166 g/mol. The number of rotatable bonds is 2. The molecule has 0 aromatic rings. The van der Waals surface area contributed by atoms with E-state index in [9.17, 15) is 0 Å². The fourth-order valence-corrected chi connectivity index (χ4v) is 2.15. The van der Waals surface area contributed by atoms with E-state index >= 15 is 0 Å². The summed E-state index contributed by atoms with van der Waals surface area (Å²) in [5.74, 6) is 2.48. The van der Waals surface area contributed by atoms with Gasteiger partial charge < -0.3 is 0 Å². The van der Waals surface area contributed by atoms with Crippen molar-refractivity contribution in [3.63, 3.8) is 0 Å². The van der Waals surface area contributed by atoms with Gasteiger partial charge in [0.2, 0.25) is 0 Å². The van der Waals surface area contributed by atoms with Gasteiger partial charge in [-0.2, -0.15) is 11.8 Å². The molecule has 0 aromatic heterocycles. The minimum absolute atomic E-state index is 0.756. The molecule has 0 N–H and O–H groups in total. The first-order valence-corrected chi connectivity index (χ1v) is 4.95. The lowest BCUT2D eigenvalue weighted by Crippen LogP contribution is -2.33. The fraction of sp³-hybridized carbons (Fsp3) is 0.714. The molecule has 0 spiro atoms. The second-order valence-electron chi connectivity index (χ2n) is 2.41. The van der Waals surface area contributed by atoms with Crippen LogP contribution >= 0.6 is 23.4 Å². The third-order valence-electron chi connectivity index (χ3n) is 1.50. The Bertz CT molecular complexity index is 121. The maximum absolute atomic E-state index is 5.67. The molecule has 0 aromatic carbocycles. The second-order valence-corrected chi connectivity index (χ2v) is 4.17. The van der Waals surface area contributed by atoms with E-state index in [-0.39, 0.29) is 0 Å². The van der Waals surface area contributed by atoms with E-state index in [1.165, 1.54) is 11.5 Å². The van der Waals surface area contributed by atoms with Crippen LogP contribution in [-0.4, -0.2) is 36.0 Å². The summed E-state index contributed by atoms with van der Waals surface area (Å²) in [6, 6.07) is 0. The topological polar surface area (TPSA) is 3.24 Å². The molecule has 1 saturated heterocycles. The molecular formula is C7H12ClNS. The zero-order chi connectivity index (χ0) is 7.40.